The van der Waals surface area contributed by atoms with Crippen molar-refractivity contribution in [2.24, 2.45) is 0 Å². The molecule has 0 saturated carbocycles. The Bertz CT molecular complexity index is 565. The van der Waals surface area contributed by atoms with Crippen LogP contribution in [0.25, 0.3) is 0 Å². The first kappa shape index (κ1) is 12.4. The van der Waals surface area contributed by atoms with Gasteiger partial charge in [-0.25, -0.2) is 0 Å². The molecule has 2 aromatic heterocycles. The van der Waals surface area contributed by atoms with Crippen molar-refractivity contribution in [1.82, 2.24) is 24.9 Å². The SMILES string of the molecule is Cc1nc(Cn2c(N)nnc2SCC(=O)O)no1. The fraction of sp³-hybridized carbons (Fsp3) is 0.375. The number of thioether (sulfide) groups is 1. The number of nitrogen functional groups attached to an aromatic ring is 1. The van der Waals surface area contributed by atoms with Gasteiger partial charge in [-0.05, 0) is 0 Å². The number of aryl methyl sites for hydroxylation is 1. The van der Waals surface area contributed by atoms with Crippen molar-refractivity contribution < 1.29 is 14.4 Å². The van der Waals surface area contributed by atoms with Crippen LogP contribution in [-0.2, 0) is 11.3 Å². The summed E-state index contributed by atoms with van der Waals surface area (Å²) >= 11 is 1.03. The van der Waals surface area contributed by atoms with Crippen LogP contribution in [0, 0.1) is 6.92 Å². The smallest absolute Gasteiger partial charge is 0.313 e. The molecule has 10 heteroatoms. The molecule has 0 aliphatic rings. The Kier molecular flexibility index (Phi) is 3.46. The highest BCUT2D eigenvalue weighted by Gasteiger charge is 2.14. The Morgan fingerprint density at radius 2 is 2.33 bits per heavy atom. The molecule has 0 saturated heterocycles. The van der Waals surface area contributed by atoms with E-state index in [1.807, 2.05) is 0 Å². The van der Waals surface area contributed by atoms with Gasteiger partial charge in [-0.3, -0.25) is 9.36 Å². The van der Waals surface area contributed by atoms with Crippen molar-refractivity contribution in [2.45, 2.75) is 18.6 Å². The van der Waals surface area contributed by atoms with Gasteiger partial charge < -0.3 is 15.4 Å². The summed E-state index contributed by atoms with van der Waals surface area (Å²) in [6.45, 7) is 1.91. The van der Waals surface area contributed by atoms with Crippen molar-refractivity contribution in [1.29, 1.82) is 0 Å². The third kappa shape index (κ3) is 2.77. The molecule has 9 nitrogen and oxygen atoms in total. The van der Waals surface area contributed by atoms with Gasteiger partial charge in [0.05, 0.1) is 12.3 Å². The molecule has 0 spiro atoms. The van der Waals surface area contributed by atoms with Gasteiger partial charge in [0.25, 0.3) is 0 Å². The zero-order chi connectivity index (χ0) is 13.1. The van der Waals surface area contributed by atoms with Crippen LogP contribution in [-0.4, -0.2) is 41.7 Å². The van der Waals surface area contributed by atoms with Crippen molar-refractivity contribution in [3.63, 3.8) is 0 Å². The van der Waals surface area contributed by atoms with E-state index in [4.69, 9.17) is 15.4 Å². The van der Waals surface area contributed by atoms with E-state index in [-0.39, 0.29) is 18.2 Å². The maximum absolute atomic E-state index is 10.5. The van der Waals surface area contributed by atoms with Crippen molar-refractivity contribution >= 4 is 23.7 Å². The third-order valence-electron chi connectivity index (χ3n) is 1.94. The quantitative estimate of drug-likeness (QED) is 0.707. The number of carboxylic acid groups (broad SMARTS) is 1. The van der Waals surface area contributed by atoms with Crippen LogP contribution < -0.4 is 5.73 Å². The van der Waals surface area contributed by atoms with Crippen LogP contribution in [0.1, 0.15) is 11.7 Å². The second-order valence-corrected chi connectivity index (χ2v) is 4.28. The molecule has 0 bridgehead atoms. The lowest BCUT2D eigenvalue weighted by Gasteiger charge is -2.03. The molecule has 0 atom stereocenters. The van der Waals surface area contributed by atoms with Crippen molar-refractivity contribution in [2.75, 3.05) is 11.5 Å². The van der Waals surface area contributed by atoms with Gasteiger partial charge in [-0.2, -0.15) is 4.98 Å². The molecule has 2 aromatic rings. The van der Waals surface area contributed by atoms with E-state index >= 15 is 0 Å². The summed E-state index contributed by atoms with van der Waals surface area (Å²) in [5, 5.41) is 20.2. The van der Waals surface area contributed by atoms with E-state index in [1.54, 1.807) is 6.92 Å². The monoisotopic (exact) mass is 270 g/mol. The number of anilines is 1. The lowest BCUT2D eigenvalue weighted by atomic mass is 10.6. The molecule has 0 amide bonds. The number of rotatable bonds is 5. The van der Waals surface area contributed by atoms with Gasteiger partial charge in [-0.1, -0.05) is 16.9 Å². The van der Waals surface area contributed by atoms with E-state index in [0.29, 0.717) is 16.9 Å². The van der Waals surface area contributed by atoms with Gasteiger partial charge >= 0.3 is 5.97 Å². The number of carboxylic acids is 1. The molecule has 0 aliphatic heterocycles. The molecule has 96 valence electrons. The first-order valence-corrected chi connectivity index (χ1v) is 5.87. The van der Waals surface area contributed by atoms with E-state index in [0.717, 1.165) is 11.8 Å². The number of aromatic nitrogens is 5. The summed E-state index contributed by atoms with van der Waals surface area (Å²) in [5.74, 6) is -0.0231. The summed E-state index contributed by atoms with van der Waals surface area (Å²) < 4.78 is 6.36. The molecule has 18 heavy (non-hydrogen) atoms. The van der Waals surface area contributed by atoms with Crippen LogP contribution in [0.2, 0.25) is 0 Å². The van der Waals surface area contributed by atoms with Crippen LogP contribution in [0.4, 0.5) is 5.95 Å². The average molecular weight is 270 g/mol. The maximum Gasteiger partial charge on any atom is 0.313 e. The molecule has 2 heterocycles. The zero-order valence-corrected chi connectivity index (χ0v) is 10.2. The number of nitrogens with zero attached hydrogens (tertiary/aromatic N) is 5. The molecular formula is C8H10N6O3S. The van der Waals surface area contributed by atoms with Crippen molar-refractivity contribution in [3.8, 4) is 0 Å². The summed E-state index contributed by atoms with van der Waals surface area (Å²) in [5.41, 5.74) is 5.64. The normalized spacial score (nSPS) is 10.7. The first-order chi connectivity index (χ1) is 8.56. The number of aliphatic carboxylic acids is 1. The largest absolute Gasteiger partial charge is 0.481 e. The van der Waals surface area contributed by atoms with Gasteiger partial charge in [-0.15, -0.1) is 10.2 Å². The second-order valence-electron chi connectivity index (χ2n) is 3.34. The topological polar surface area (TPSA) is 133 Å². The Balaban J connectivity index is 2.16. The van der Waals surface area contributed by atoms with E-state index in [2.05, 4.69) is 20.3 Å². The number of carbonyl (C=O) groups is 1. The highest BCUT2D eigenvalue weighted by Crippen LogP contribution is 2.18. The fourth-order valence-electron chi connectivity index (χ4n) is 1.23. The second kappa shape index (κ2) is 5.04. The Hall–Kier alpha value is -2.10. The lowest BCUT2D eigenvalue weighted by molar-refractivity contribution is -0.133. The first-order valence-electron chi connectivity index (χ1n) is 4.88. The minimum atomic E-state index is -0.941. The molecule has 0 radical (unpaired) electrons. The molecule has 0 aliphatic carbocycles. The molecule has 0 fully saturated rings. The van der Waals surface area contributed by atoms with Crippen molar-refractivity contribution in [3.05, 3.63) is 11.7 Å². The molecule has 3 N–H and O–H groups in total. The Labute approximate surface area is 105 Å². The Morgan fingerprint density at radius 1 is 1.56 bits per heavy atom. The van der Waals surface area contributed by atoms with Gasteiger partial charge in [0.1, 0.15) is 0 Å². The molecule has 0 aromatic carbocycles. The van der Waals surface area contributed by atoms with Gasteiger partial charge in [0.2, 0.25) is 11.8 Å². The standard InChI is InChI=1S/C8H10N6O3S/c1-4-10-5(13-17-4)2-14-7(9)11-12-8(14)18-3-6(15)16/h2-3H2,1H3,(H2,9,11)(H,15,16). The van der Waals surface area contributed by atoms with Crippen LogP contribution in [0.15, 0.2) is 9.68 Å². The predicted octanol–water partition coefficient (Wildman–Crippen LogP) is -0.223. The van der Waals surface area contributed by atoms with E-state index in [1.165, 1.54) is 4.57 Å². The molecular weight excluding hydrogens is 260 g/mol. The van der Waals surface area contributed by atoms with Gasteiger partial charge in [0, 0.05) is 6.92 Å². The minimum absolute atomic E-state index is 0.122. The summed E-state index contributed by atoms with van der Waals surface area (Å²) in [4.78, 5) is 14.5. The van der Waals surface area contributed by atoms with E-state index in [9.17, 15) is 4.79 Å². The van der Waals surface area contributed by atoms with Gasteiger partial charge in [0.15, 0.2) is 11.0 Å². The molecule has 0 unspecified atom stereocenters. The predicted molar refractivity (Wildman–Crippen MR) is 60.9 cm³/mol. The highest BCUT2D eigenvalue weighted by atomic mass is 32.2. The lowest BCUT2D eigenvalue weighted by Crippen LogP contribution is -2.08. The van der Waals surface area contributed by atoms with Crippen LogP contribution in [0.5, 0.6) is 0 Å². The summed E-state index contributed by atoms with van der Waals surface area (Å²) in [7, 11) is 0. The van der Waals surface area contributed by atoms with Crippen LogP contribution >= 0.6 is 11.8 Å². The minimum Gasteiger partial charge on any atom is -0.481 e. The Morgan fingerprint density at radius 3 is 2.94 bits per heavy atom. The maximum atomic E-state index is 10.5. The zero-order valence-electron chi connectivity index (χ0n) is 9.40. The van der Waals surface area contributed by atoms with E-state index < -0.39 is 5.97 Å². The molecule has 2 rings (SSSR count). The summed E-state index contributed by atoms with van der Waals surface area (Å²) in [6, 6.07) is 0. The summed E-state index contributed by atoms with van der Waals surface area (Å²) in [6.07, 6.45) is 0. The average Bonchev–Trinajstić information content (AvgIpc) is 2.85. The van der Waals surface area contributed by atoms with Crippen LogP contribution in [0.3, 0.4) is 0 Å². The highest BCUT2D eigenvalue weighted by molar-refractivity contribution is 7.99. The number of nitrogens with two attached hydrogens (primary N) is 1. The number of hydrogen-bond acceptors (Lipinski definition) is 8. The number of hydrogen-bond donors (Lipinski definition) is 2. The fourth-order valence-corrected chi connectivity index (χ4v) is 1.89. The third-order valence-corrected chi connectivity index (χ3v) is 2.89.